The Balaban J connectivity index is 2.18. The maximum Gasteiger partial charge on any atom is 0.295 e. The minimum atomic E-state index is -1.24. The number of ether oxygens (including phenoxy) is 1. The fourth-order valence-electron chi connectivity index (χ4n) is 3.58. The van der Waals surface area contributed by atoms with Crippen LogP contribution in [0.15, 0.2) is 41.3 Å². The van der Waals surface area contributed by atoms with Crippen molar-refractivity contribution in [2.75, 3.05) is 0 Å². The Bertz CT molecular complexity index is 1140. The molecule has 2 heterocycles. The molecule has 1 aliphatic rings. The molecule has 12 nitrogen and oxygen atoms in total. The highest BCUT2D eigenvalue weighted by Crippen LogP contribution is 2.43. The summed E-state index contributed by atoms with van der Waals surface area (Å²) in [6.45, 7) is 4.58. The van der Waals surface area contributed by atoms with Crippen LogP contribution < -0.4 is 10.3 Å². The van der Waals surface area contributed by atoms with Crippen LogP contribution in [0, 0.1) is 31.6 Å². The molecule has 1 aromatic heterocycles. The van der Waals surface area contributed by atoms with Crippen LogP contribution in [-0.2, 0) is 9.68 Å². The zero-order chi connectivity index (χ0) is 22.9. The average Bonchev–Trinajstić information content (AvgIpc) is 2.67. The third-order valence-electron chi connectivity index (χ3n) is 4.99. The van der Waals surface area contributed by atoms with Gasteiger partial charge in [-0.05, 0) is 50.6 Å². The minimum absolute atomic E-state index is 0.252. The second kappa shape index (κ2) is 7.94. The summed E-state index contributed by atoms with van der Waals surface area (Å²) in [4.78, 5) is 44.1. The van der Waals surface area contributed by atoms with Gasteiger partial charge in [0.05, 0.1) is 17.7 Å². The highest BCUT2D eigenvalue weighted by molar-refractivity contribution is 5.47. The number of aromatic nitrogens is 1. The average molecular weight is 430 g/mol. The molecule has 31 heavy (non-hydrogen) atoms. The van der Waals surface area contributed by atoms with Crippen LogP contribution in [0.4, 0.5) is 0 Å². The molecule has 12 heteroatoms. The molecule has 3 unspecified atom stereocenters. The lowest BCUT2D eigenvalue weighted by molar-refractivity contribution is -0.773. The van der Waals surface area contributed by atoms with E-state index in [2.05, 4.69) is 4.84 Å². The van der Waals surface area contributed by atoms with E-state index in [1.165, 1.54) is 35.9 Å². The summed E-state index contributed by atoms with van der Waals surface area (Å²) in [5.41, 5.74) is -0.926. The van der Waals surface area contributed by atoms with Gasteiger partial charge in [0.25, 0.3) is 15.7 Å². The Morgan fingerprint density at radius 3 is 2.52 bits per heavy atom. The Morgan fingerprint density at radius 2 is 1.94 bits per heavy atom. The second-order valence-corrected chi connectivity index (χ2v) is 7.44. The topological polar surface area (TPSA) is 160 Å². The van der Waals surface area contributed by atoms with E-state index in [1.807, 2.05) is 6.07 Å². The van der Waals surface area contributed by atoms with Crippen molar-refractivity contribution >= 4 is 0 Å². The summed E-state index contributed by atoms with van der Waals surface area (Å²) < 4.78 is 7.09. The first kappa shape index (κ1) is 21.6. The molecule has 0 aliphatic carbocycles. The number of nitriles is 1. The van der Waals surface area contributed by atoms with Gasteiger partial charge in [0.15, 0.2) is 6.10 Å². The Labute approximate surface area is 175 Å². The molecular formula is C19H18N4O8. The number of fused-ring (bicyclic) bond motifs is 1. The molecule has 0 radical (unpaired) electrons. The first-order chi connectivity index (χ1) is 14.5. The number of benzene rings is 1. The monoisotopic (exact) mass is 430 g/mol. The molecule has 2 aromatic rings. The molecule has 0 saturated carbocycles. The van der Waals surface area contributed by atoms with Crippen molar-refractivity contribution in [1.29, 1.82) is 5.26 Å². The SMILES string of the molecule is CC(O[N+](=O)[O-])c1ccn(C2c3cc(C#N)ccc3OC(C)(C)C2O[N+](=O)[O-])c(=O)c1. The fourth-order valence-corrected chi connectivity index (χ4v) is 3.58. The number of hydrogen-bond donors (Lipinski definition) is 0. The van der Waals surface area contributed by atoms with Crippen molar-refractivity contribution in [3.63, 3.8) is 0 Å². The van der Waals surface area contributed by atoms with Crippen LogP contribution in [0.3, 0.4) is 0 Å². The van der Waals surface area contributed by atoms with Crippen LogP contribution >= 0.6 is 0 Å². The van der Waals surface area contributed by atoms with E-state index in [-0.39, 0.29) is 11.1 Å². The normalized spacial score (nSPS) is 19.8. The van der Waals surface area contributed by atoms with E-state index in [1.54, 1.807) is 19.9 Å². The summed E-state index contributed by atoms with van der Waals surface area (Å²) in [7, 11) is 0. The Hall–Kier alpha value is -4.14. The molecule has 0 bridgehead atoms. The number of rotatable bonds is 6. The lowest BCUT2D eigenvalue weighted by Gasteiger charge is -2.43. The highest BCUT2D eigenvalue weighted by atomic mass is 17.0. The molecule has 3 rings (SSSR count). The molecule has 1 aromatic carbocycles. The maximum absolute atomic E-state index is 12.9. The smallest absolute Gasteiger partial charge is 0.295 e. The lowest BCUT2D eigenvalue weighted by Crippen LogP contribution is -2.54. The highest BCUT2D eigenvalue weighted by Gasteiger charge is 2.48. The summed E-state index contributed by atoms with van der Waals surface area (Å²) in [5.74, 6) is 0.346. The molecule has 0 saturated heterocycles. The predicted octanol–water partition coefficient (Wildman–Crippen LogP) is 2.33. The van der Waals surface area contributed by atoms with Crippen LogP contribution in [0.5, 0.6) is 5.75 Å². The first-order valence-corrected chi connectivity index (χ1v) is 9.11. The largest absolute Gasteiger partial charge is 0.485 e. The number of nitrogens with zero attached hydrogens (tertiary/aromatic N) is 4. The van der Waals surface area contributed by atoms with Gasteiger partial charge in [0.2, 0.25) is 0 Å². The molecular weight excluding hydrogens is 412 g/mol. The summed E-state index contributed by atoms with van der Waals surface area (Å²) >= 11 is 0. The summed E-state index contributed by atoms with van der Waals surface area (Å²) in [6.07, 6.45) is -0.880. The van der Waals surface area contributed by atoms with Crippen LogP contribution in [0.25, 0.3) is 0 Å². The van der Waals surface area contributed by atoms with Crippen molar-refractivity contribution in [2.24, 2.45) is 0 Å². The molecule has 0 N–H and O–H groups in total. The van der Waals surface area contributed by atoms with Gasteiger partial charge in [-0.2, -0.15) is 5.26 Å². The van der Waals surface area contributed by atoms with Gasteiger partial charge in [-0.1, -0.05) is 0 Å². The zero-order valence-corrected chi connectivity index (χ0v) is 16.8. The van der Waals surface area contributed by atoms with Gasteiger partial charge in [-0.25, -0.2) is 0 Å². The van der Waals surface area contributed by atoms with Crippen LogP contribution in [0.2, 0.25) is 0 Å². The molecule has 3 atom stereocenters. The van der Waals surface area contributed by atoms with Gasteiger partial charge >= 0.3 is 0 Å². The third-order valence-corrected chi connectivity index (χ3v) is 4.99. The van der Waals surface area contributed by atoms with E-state index in [0.717, 1.165) is 6.07 Å². The van der Waals surface area contributed by atoms with E-state index in [4.69, 9.17) is 9.57 Å². The number of pyridine rings is 1. The van der Waals surface area contributed by atoms with Crippen molar-refractivity contribution in [3.8, 4) is 11.8 Å². The van der Waals surface area contributed by atoms with E-state index < -0.39 is 39.6 Å². The predicted molar refractivity (Wildman–Crippen MR) is 103 cm³/mol. The fraction of sp³-hybridized carbons (Fsp3) is 0.368. The van der Waals surface area contributed by atoms with E-state index in [9.17, 15) is 30.3 Å². The number of hydrogen-bond acceptors (Lipinski definition) is 9. The molecule has 0 amide bonds. The van der Waals surface area contributed by atoms with Gasteiger partial charge in [-0.3, -0.25) is 4.79 Å². The molecule has 0 fully saturated rings. The zero-order valence-electron chi connectivity index (χ0n) is 16.8. The summed E-state index contributed by atoms with van der Waals surface area (Å²) in [6, 6.07) is 8.12. The van der Waals surface area contributed by atoms with Crippen molar-refractivity contribution in [1.82, 2.24) is 4.57 Å². The van der Waals surface area contributed by atoms with Gasteiger partial charge in [0, 0.05) is 17.8 Å². The Kier molecular flexibility index (Phi) is 5.52. The van der Waals surface area contributed by atoms with Crippen LogP contribution in [-0.4, -0.2) is 26.4 Å². The molecule has 162 valence electrons. The van der Waals surface area contributed by atoms with Crippen molar-refractivity contribution < 1.29 is 24.6 Å². The van der Waals surface area contributed by atoms with Crippen LogP contribution in [0.1, 0.15) is 49.6 Å². The molecule has 1 aliphatic heterocycles. The summed E-state index contributed by atoms with van der Waals surface area (Å²) in [5, 5.41) is 29.1. The van der Waals surface area contributed by atoms with E-state index in [0.29, 0.717) is 11.3 Å². The van der Waals surface area contributed by atoms with Gasteiger partial charge < -0.3 is 19.0 Å². The van der Waals surface area contributed by atoms with Gasteiger partial charge in [-0.15, -0.1) is 20.2 Å². The Morgan fingerprint density at radius 1 is 1.23 bits per heavy atom. The van der Waals surface area contributed by atoms with Crippen molar-refractivity contribution in [2.45, 2.75) is 44.6 Å². The maximum atomic E-state index is 12.9. The quantitative estimate of drug-likeness (QED) is 0.495. The first-order valence-electron chi connectivity index (χ1n) is 9.11. The molecule has 0 spiro atoms. The second-order valence-electron chi connectivity index (χ2n) is 7.44. The van der Waals surface area contributed by atoms with E-state index >= 15 is 0 Å². The lowest BCUT2D eigenvalue weighted by atomic mass is 9.85. The minimum Gasteiger partial charge on any atom is -0.485 e. The van der Waals surface area contributed by atoms with Gasteiger partial charge in [0.1, 0.15) is 17.5 Å². The standard InChI is InChI=1S/C19H18N4O8/c1-11(30-22(25)26)13-6-7-21(16(24)9-13)17-14-8-12(10-20)4-5-15(14)29-19(2,3)18(17)31-23(27)28/h4-9,11,17-18H,1-3H3. The third kappa shape index (κ3) is 4.25. The van der Waals surface area contributed by atoms with Crippen molar-refractivity contribution in [3.05, 3.63) is 83.8 Å².